The molecule has 0 radical (unpaired) electrons. The van der Waals surface area contributed by atoms with E-state index in [0.717, 1.165) is 24.2 Å². The highest BCUT2D eigenvalue weighted by molar-refractivity contribution is 5.81. The lowest BCUT2D eigenvalue weighted by atomic mass is 10.1. The van der Waals surface area contributed by atoms with Crippen LogP contribution in [-0.4, -0.2) is 53.8 Å². The molecule has 1 aliphatic rings. The van der Waals surface area contributed by atoms with E-state index in [-0.39, 0.29) is 17.9 Å². The van der Waals surface area contributed by atoms with E-state index in [9.17, 15) is 9.59 Å². The number of aryl methyl sites for hydroxylation is 2. The molecule has 0 aliphatic carbocycles. The van der Waals surface area contributed by atoms with Gasteiger partial charge in [0, 0.05) is 32.7 Å². The molecule has 2 aromatic carbocycles. The molecule has 1 fully saturated rings. The summed E-state index contributed by atoms with van der Waals surface area (Å²) >= 11 is 0. The van der Waals surface area contributed by atoms with Gasteiger partial charge in [-0.15, -0.1) is 0 Å². The Morgan fingerprint density at radius 3 is 1.93 bits per heavy atom. The first-order valence-electron chi connectivity index (χ1n) is 10.3. The van der Waals surface area contributed by atoms with Crippen LogP contribution in [-0.2, 0) is 22.6 Å². The van der Waals surface area contributed by atoms with Gasteiger partial charge in [0.25, 0.3) is 0 Å². The highest BCUT2D eigenvalue weighted by atomic mass is 16.2. The van der Waals surface area contributed by atoms with Gasteiger partial charge in [-0.05, 0) is 31.9 Å². The topological polar surface area (TPSA) is 52.7 Å². The minimum atomic E-state index is -0.199. The quantitative estimate of drug-likeness (QED) is 0.821. The molecule has 1 unspecified atom stereocenters. The molecule has 0 aromatic heterocycles. The summed E-state index contributed by atoms with van der Waals surface area (Å²) in [5.41, 5.74) is 4.56. The highest BCUT2D eigenvalue weighted by Crippen LogP contribution is 2.11. The zero-order valence-corrected chi connectivity index (χ0v) is 17.6. The molecule has 1 heterocycles. The van der Waals surface area contributed by atoms with Crippen LogP contribution in [0.5, 0.6) is 0 Å². The van der Waals surface area contributed by atoms with Gasteiger partial charge in [-0.25, -0.2) is 0 Å². The molecule has 3 rings (SSSR count). The molecule has 2 amide bonds. The molecule has 1 aliphatic heterocycles. The molecule has 0 saturated carbocycles. The lowest BCUT2D eigenvalue weighted by molar-refractivity contribution is -0.133. The van der Waals surface area contributed by atoms with Crippen LogP contribution in [0.25, 0.3) is 0 Å². The van der Waals surface area contributed by atoms with E-state index in [0.29, 0.717) is 26.1 Å². The molecule has 1 atom stereocenters. The lowest BCUT2D eigenvalue weighted by Gasteiger charge is -2.37. The fourth-order valence-electron chi connectivity index (χ4n) is 3.56. The molecule has 5 heteroatoms. The molecule has 1 saturated heterocycles. The summed E-state index contributed by atoms with van der Waals surface area (Å²) in [4.78, 5) is 29.2. The average molecular weight is 394 g/mol. The molecular weight excluding hydrogens is 362 g/mol. The number of piperazine rings is 1. The van der Waals surface area contributed by atoms with Crippen LogP contribution in [0.15, 0.2) is 48.5 Å². The molecule has 154 valence electrons. The minimum Gasteiger partial charge on any atom is -0.351 e. The third-order valence-electron chi connectivity index (χ3n) is 5.66. The van der Waals surface area contributed by atoms with Crippen LogP contribution < -0.4 is 5.32 Å². The van der Waals surface area contributed by atoms with Crippen molar-refractivity contribution in [3.63, 3.8) is 0 Å². The van der Waals surface area contributed by atoms with Gasteiger partial charge in [0.1, 0.15) is 0 Å². The summed E-state index contributed by atoms with van der Waals surface area (Å²) < 4.78 is 0. The Labute approximate surface area is 173 Å². The first kappa shape index (κ1) is 21.1. The van der Waals surface area contributed by atoms with E-state index in [1.165, 1.54) is 11.1 Å². The standard InChI is InChI=1S/C24H31N3O2/c1-18-4-8-21(9-5-18)16-23(28)27-14-12-26(13-15-27)20(3)24(29)25-17-22-10-6-19(2)7-11-22/h4-11,20H,12-17H2,1-3H3,(H,25,29). The maximum absolute atomic E-state index is 12.6. The maximum Gasteiger partial charge on any atom is 0.237 e. The van der Waals surface area contributed by atoms with Crippen molar-refractivity contribution < 1.29 is 9.59 Å². The Bertz CT molecular complexity index is 822. The Hall–Kier alpha value is -2.66. The molecule has 5 nitrogen and oxygen atoms in total. The van der Waals surface area contributed by atoms with E-state index in [1.807, 2.05) is 55.1 Å². The highest BCUT2D eigenvalue weighted by Gasteiger charge is 2.27. The van der Waals surface area contributed by atoms with Crippen LogP contribution in [0.3, 0.4) is 0 Å². The van der Waals surface area contributed by atoms with Gasteiger partial charge in [-0.2, -0.15) is 0 Å². The van der Waals surface area contributed by atoms with Crippen molar-refractivity contribution in [3.8, 4) is 0 Å². The van der Waals surface area contributed by atoms with Crippen molar-refractivity contribution >= 4 is 11.8 Å². The van der Waals surface area contributed by atoms with Crippen LogP contribution >= 0.6 is 0 Å². The second-order valence-electron chi connectivity index (χ2n) is 7.96. The van der Waals surface area contributed by atoms with E-state index in [2.05, 4.69) is 29.3 Å². The Kier molecular flexibility index (Phi) is 7.04. The van der Waals surface area contributed by atoms with Crippen LogP contribution in [0.2, 0.25) is 0 Å². The predicted octanol–water partition coefficient (Wildman–Crippen LogP) is 2.70. The zero-order chi connectivity index (χ0) is 20.8. The van der Waals surface area contributed by atoms with Crippen molar-refractivity contribution in [1.82, 2.24) is 15.1 Å². The lowest BCUT2D eigenvalue weighted by Crippen LogP contribution is -2.55. The second-order valence-corrected chi connectivity index (χ2v) is 7.96. The number of hydrogen-bond donors (Lipinski definition) is 1. The van der Waals surface area contributed by atoms with Gasteiger partial charge in [0.05, 0.1) is 12.5 Å². The second kappa shape index (κ2) is 9.70. The van der Waals surface area contributed by atoms with Crippen LogP contribution in [0.1, 0.15) is 29.2 Å². The SMILES string of the molecule is Cc1ccc(CNC(=O)C(C)N2CCN(C(=O)Cc3ccc(C)cc3)CC2)cc1. The molecule has 0 bridgehead atoms. The summed E-state index contributed by atoms with van der Waals surface area (Å²) in [5, 5.41) is 3.03. The normalized spacial score (nSPS) is 15.8. The molecule has 1 N–H and O–H groups in total. The van der Waals surface area contributed by atoms with Gasteiger partial charge in [0.2, 0.25) is 11.8 Å². The first-order chi connectivity index (χ1) is 13.9. The monoisotopic (exact) mass is 393 g/mol. The van der Waals surface area contributed by atoms with Crippen molar-refractivity contribution in [2.75, 3.05) is 26.2 Å². The smallest absolute Gasteiger partial charge is 0.237 e. The molecule has 29 heavy (non-hydrogen) atoms. The molecular formula is C24H31N3O2. The maximum atomic E-state index is 12.6. The zero-order valence-electron chi connectivity index (χ0n) is 17.6. The predicted molar refractivity (Wildman–Crippen MR) is 116 cm³/mol. The number of nitrogens with zero attached hydrogens (tertiary/aromatic N) is 2. The average Bonchev–Trinajstić information content (AvgIpc) is 2.74. The third-order valence-corrected chi connectivity index (χ3v) is 5.66. The first-order valence-corrected chi connectivity index (χ1v) is 10.3. The van der Waals surface area contributed by atoms with Crippen molar-refractivity contribution in [3.05, 3.63) is 70.8 Å². The Morgan fingerprint density at radius 2 is 1.38 bits per heavy atom. The van der Waals surface area contributed by atoms with E-state index >= 15 is 0 Å². The summed E-state index contributed by atoms with van der Waals surface area (Å²) in [6.07, 6.45) is 0.437. The number of amides is 2. The van der Waals surface area contributed by atoms with Gasteiger partial charge in [0.15, 0.2) is 0 Å². The van der Waals surface area contributed by atoms with Crippen molar-refractivity contribution in [2.45, 2.75) is 39.8 Å². The van der Waals surface area contributed by atoms with Crippen LogP contribution in [0, 0.1) is 13.8 Å². The van der Waals surface area contributed by atoms with E-state index < -0.39 is 0 Å². The van der Waals surface area contributed by atoms with Crippen molar-refractivity contribution in [1.29, 1.82) is 0 Å². The summed E-state index contributed by atoms with van der Waals surface area (Å²) in [6.45, 7) is 9.35. The fourth-order valence-corrected chi connectivity index (χ4v) is 3.56. The van der Waals surface area contributed by atoms with Crippen LogP contribution in [0.4, 0.5) is 0 Å². The number of rotatable bonds is 6. The van der Waals surface area contributed by atoms with E-state index in [1.54, 1.807) is 0 Å². The number of carbonyl (C=O) groups excluding carboxylic acids is 2. The Morgan fingerprint density at radius 1 is 0.862 bits per heavy atom. The van der Waals surface area contributed by atoms with Gasteiger partial charge < -0.3 is 10.2 Å². The fraction of sp³-hybridized carbons (Fsp3) is 0.417. The Balaban J connectivity index is 1.43. The minimum absolute atomic E-state index is 0.0324. The molecule has 0 spiro atoms. The summed E-state index contributed by atoms with van der Waals surface area (Å²) in [7, 11) is 0. The number of carbonyl (C=O) groups is 2. The van der Waals surface area contributed by atoms with Gasteiger partial charge in [-0.1, -0.05) is 59.7 Å². The third kappa shape index (κ3) is 5.91. The number of benzene rings is 2. The number of hydrogen-bond acceptors (Lipinski definition) is 3. The van der Waals surface area contributed by atoms with Gasteiger partial charge in [-0.3, -0.25) is 14.5 Å². The molecule has 2 aromatic rings. The summed E-state index contributed by atoms with van der Waals surface area (Å²) in [5.74, 6) is 0.190. The number of nitrogens with one attached hydrogen (secondary N) is 1. The van der Waals surface area contributed by atoms with Gasteiger partial charge >= 0.3 is 0 Å². The van der Waals surface area contributed by atoms with Crippen molar-refractivity contribution in [2.24, 2.45) is 0 Å². The largest absolute Gasteiger partial charge is 0.351 e. The van der Waals surface area contributed by atoms with E-state index in [4.69, 9.17) is 0 Å². The summed E-state index contributed by atoms with van der Waals surface area (Å²) in [6, 6.07) is 16.1.